The first kappa shape index (κ1) is 13.7. The van der Waals surface area contributed by atoms with E-state index in [1.54, 1.807) is 6.92 Å². The number of nitro benzene ring substituents is 1. The van der Waals surface area contributed by atoms with Gasteiger partial charge in [-0.15, -0.1) is 0 Å². The Morgan fingerprint density at radius 3 is 2.71 bits per heavy atom. The Morgan fingerprint density at radius 1 is 1.53 bits per heavy atom. The number of nitro groups is 1. The molecule has 1 aromatic carbocycles. The van der Waals surface area contributed by atoms with Crippen LogP contribution in [0, 0.1) is 10.1 Å². The second-order valence-corrected chi connectivity index (χ2v) is 6.27. The van der Waals surface area contributed by atoms with Crippen LogP contribution in [0.2, 0.25) is 0 Å². The van der Waals surface area contributed by atoms with Crippen molar-refractivity contribution in [2.24, 2.45) is 0 Å². The zero-order chi connectivity index (χ0) is 13.1. The second-order valence-electron chi connectivity index (χ2n) is 3.67. The van der Waals surface area contributed by atoms with Crippen molar-refractivity contribution >= 4 is 13.1 Å². The Morgan fingerprint density at radius 2 is 2.18 bits per heavy atom. The van der Waals surface area contributed by atoms with E-state index in [-0.39, 0.29) is 11.8 Å². The van der Waals surface area contributed by atoms with Crippen LogP contribution in [-0.2, 0) is 15.3 Å². The highest BCUT2D eigenvalue weighted by molar-refractivity contribution is 7.57. The van der Waals surface area contributed by atoms with Crippen molar-refractivity contribution in [3.8, 4) is 5.75 Å². The first-order valence-electron chi connectivity index (χ1n) is 5.03. The molecule has 1 N–H and O–H groups in total. The molecule has 0 fully saturated rings. The Balaban J connectivity index is 2.97. The fourth-order valence-electron chi connectivity index (χ4n) is 1.46. The zero-order valence-electron chi connectivity index (χ0n) is 9.62. The third-order valence-electron chi connectivity index (χ3n) is 2.11. The molecule has 1 unspecified atom stereocenters. The lowest BCUT2D eigenvalue weighted by Gasteiger charge is -2.12. The molecular weight excluding hydrogens is 245 g/mol. The minimum Gasteiger partial charge on any atom is -0.502 e. The molecule has 1 atom stereocenters. The Hall–Kier alpha value is -1.39. The predicted octanol–water partition coefficient (Wildman–Crippen LogP) is 2.74. The van der Waals surface area contributed by atoms with Gasteiger partial charge in [-0.3, -0.25) is 14.7 Å². The molecule has 1 aromatic rings. The van der Waals surface area contributed by atoms with Gasteiger partial charge in [-0.1, -0.05) is 6.07 Å². The van der Waals surface area contributed by atoms with Gasteiger partial charge in [0.15, 0.2) is 5.75 Å². The maximum Gasteiger partial charge on any atom is 0.310 e. The molecule has 0 saturated heterocycles. The van der Waals surface area contributed by atoms with E-state index in [9.17, 15) is 19.8 Å². The van der Waals surface area contributed by atoms with Crippen molar-refractivity contribution in [3.05, 3.63) is 33.9 Å². The Labute approximate surface area is 98.8 Å². The summed E-state index contributed by atoms with van der Waals surface area (Å²) in [5.74, 6) is -0.402. The molecule has 17 heavy (non-hydrogen) atoms. The molecule has 0 aliphatic carbocycles. The molecule has 0 spiro atoms. The molecule has 0 aromatic heterocycles. The predicted molar refractivity (Wildman–Crippen MR) is 63.6 cm³/mol. The van der Waals surface area contributed by atoms with Gasteiger partial charge >= 0.3 is 5.69 Å². The van der Waals surface area contributed by atoms with Crippen molar-refractivity contribution in [3.63, 3.8) is 0 Å². The number of phenols is 1. The topological polar surface area (TPSA) is 89.7 Å². The largest absolute Gasteiger partial charge is 0.502 e. The SMILES string of the molecule is CCOP(C)(=O)Cc1ccc(O)c([N+](=O)[O-])c1. The van der Waals surface area contributed by atoms with E-state index in [1.807, 2.05) is 0 Å². The van der Waals surface area contributed by atoms with E-state index in [4.69, 9.17) is 4.52 Å². The summed E-state index contributed by atoms with van der Waals surface area (Å²) in [5.41, 5.74) is 0.118. The smallest absolute Gasteiger partial charge is 0.310 e. The minimum absolute atomic E-state index is 0.113. The third kappa shape index (κ3) is 3.84. The molecule has 0 amide bonds. The van der Waals surface area contributed by atoms with Gasteiger partial charge in [-0.05, 0) is 18.6 Å². The molecule has 0 bridgehead atoms. The molecule has 0 radical (unpaired) electrons. The van der Waals surface area contributed by atoms with Gasteiger partial charge in [0.05, 0.1) is 11.5 Å². The van der Waals surface area contributed by atoms with Crippen LogP contribution in [0.4, 0.5) is 5.69 Å². The lowest BCUT2D eigenvalue weighted by atomic mass is 10.2. The number of phenolic OH excluding ortho intramolecular Hbond substituents is 1. The molecule has 7 heteroatoms. The van der Waals surface area contributed by atoms with Gasteiger partial charge in [-0.25, -0.2) is 0 Å². The number of benzene rings is 1. The Kier molecular flexibility index (Phi) is 4.26. The summed E-state index contributed by atoms with van der Waals surface area (Å²) in [6, 6.07) is 3.93. The molecule has 0 heterocycles. The normalized spacial score (nSPS) is 14.2. The average molecular weight is 259 g/mol. The van der Waals surface area contributed by atoms with Crippen LogP contribution in [0.15, 0.2) is 18.2 Å². The van der Waals surface area contributed by atoms with Crippen LogP contribution in [0.25, 0.3) is 0 Å². The van der Waals surface area contributed by atoms with Crippen LogP contribution in [0.5, 0.6) is 5.75 Å². The fourth-order valence-corrected chi connectivity index (χ4v) is 2.96. The van der Waals surface area contributed by atoms with Gasteiger partial charge in [0.1, 0.15) is 0 Å². The fraction of sp³-hybridized carbons (Fsp3) is 0.400. The maximum atomic E-state index is 11.9. The summed E-state index contributed by atoms with van der Waals surface area (Å²) in [6.45, 7) is 3.54. The number of hydrogen-bond donors (Lipinski definition) is 1. The van der Waals surface area contributed by atoms with Crippen LogP contribution >= 0.6 is 7.37 Å². The lowest BCUT2D eigenvalue weighted by molar-refractivity contribution is -0.385. The first-order chi connectivity index (χ1) is 7.85. The summed E-state index contributed by atoms with van der Waals surface area (Å²) in [7, 11) is -2.78. The van der Waals surface area contributed by atoms with Crippen LogP contribution < -0.4 is 0 Å². The van der Waals surface area contributed by atoms with Gasteiger partial charge in [0.2, 0.25) is 7.37 Å². The highest BCUT2D eigenvalue weighted by Crippen LogP contribution is 2.46. The monoisotopic (exact) mass is 259 g/mol. The zero-order valence-corrected chi connectivity index (χ0v) is 10.5. The maximum absolute atomic E-state index is 11.9. The quantitative estimate of drug-likeness (QED) is 0.498. The molecule has 6 nitrogen and oxygen atoms in total. The van der Waals surface area contributed by atoms with Crippen LogP contribution in [0.1, 0.15) is 12.5 Å². The van der Waals surface area contributed by atoms with Crippen LogP contribution in [0.3, 0.4) is 0 Å². The molecule has 0 saturated carbocycles. The van der Waals surface area contributed by atoms with E-state index in [0.29, 0.717) is 12.2 Å². The van der Waals surface area contributed by atoms with Crippen molar-refractivity contribution in [2.45, 2.75) is 13.1 Å². The average Bonchev–Trinajstić information content (AvgIpc) is 2.20. The van der Waals surface area contributed by atoms with E-state index < -0.39 is 18.0 Å². The third-order valence-corrected chi connectivity index (χ3v) is 3.85. The van der Waals surface area contributed by atoms with Gasteiger partial charge in [-0.2, -0.15) is 0 Å². The number of nitrogens with zero attached hydrogens (tertiary/aromatic N) is 1. The van der Waals surface area contributed by atoms with Crippen molar-refractivity contribution in [1.82, 2.24) is 0 Å². The summed E-state index contributed by atoms with van der Waals surface area (Å²) in [6.07, 6.45) is 0.113. The lowest BCUT2D eigenvalue weighted by Crippen LogP contribution is -1.95. The highest BCUT2D eigenvalue weighted by atomic mass is 31.2. The minimum atomic E-state index is -2.78. The number of hydrogen-bond acceptors (Lipinski definition) is 5. The Bertz CT molecular complexity index is 474. The molecule has 1 rings (SSSR count). The van der Waals surface area contributed by atoms with E-state index in [0.717, 1.165) is 0 Å². The summed E-state index contributed by atoms with van der Waals surface area (Å²) >= 11 is 0. The van der Waals surface area contributed by atoms with E-state index >= 15 is 0 Å². The van der Waals surface area contributed by atoms with Gasteiger partial charge in [0, 0.05) is 18.9 Å². The first-order valence-corrected chi connectivity index (χ1v) is 7.29. The van der Waals surface area contributed by atoms with Crippen molar-refractivity contribution in [1.29, 1.82) is 0 Å². The molecule has 0 aliphatic rings. The van der Waals surface area contributed by atoms with Crippen molar-refractivity contribution < 1.29 is 19.1 Å². The summed E-state index contributed by atoms with van der Waals surface area (Å²) < 4.78 is 17.0. The van der Waals surface area contributed by atoms with E-state index in [2.05, 4.69) is 0 Å². The molecular formula is C10H14NO5P. The van der Waals surface area contributed by atoms with Gasteiger partial charge in [0.25, 0.3) is 0 Å². The summed E-state index contributed by atoms with van der Waals surface area (Å²) in [4.78, 5) is 9.93. The summed E-state index contributed by atoms with van der Waals surface area (Å²) in [5, 5.41) is 19.9. The highest BCUT2D eigenvalue weighted by Gasteiger charge is 2.19. The second kappa shape index (κ2) is 5.29. The van der Waals surface area contributed by atoms with Crippen molar-refractivity contribution in [2.75, 3.05) is 13.3 Å². The van der Waals surface area contributed by atoms with Gasteiger partial charge < -0.3 is 9.63 Å². The van der Waals surface area contributed by atoms with Crippen LogP contribution in [-0.4, -0.2) is 23.3 Å². The standard InChI is InChI=1S/C10H14NO5P/c1-3-16-17(2,15)7-8-4-5-10(12)9(6-8)11(13)14/h4-6,12H,3,7H2,1-2H3. The molecule has 94 valence electrons. The number of aromatic hydroxyl groups is 1. The molecule has 0 aliphatic heterocycles. The van der Waals surface area contributed by atoms with E-state index in [1.165, 1.54) is 24.9 Å². The number of rotatable bonds is 5.